The van der Waals surface area contributed by atoms with Crippen molar-refractivity contribution in [3.8, 4) is 0 Å². The zero-order valence-corrected chi connectivity index (χ0v) is 18.5. The first-order chi connectivity index (χ1) is 12.1. The van der Waals surface area contributed by atoms with Crippen molar-refractivity contribution in [3.63, 3.8) is 0 Å². The van der Waals surface area contributed by atoms with Gasteiger partial charge < -0.3 is 16.0 Å². The molecule has 1 aromatic heterocycles. The maximum Gasteiger partial charge on any atom is 0.221 e. The van der Waals surface area contributed by atoms with Crippen molar-refractivity contribution in [2.75, 3.05) is 25.5 Å². The van der Waals surface area contributed by atoms with E-state index in [1.165, 1.54) is 17.4 Å². The van der Waals surface area contributed by atoms with Gasteiger partial charge in [-0.2, -0.15) is 0 Å². The summed E-state index contributed by atoms with van der Waals surface area (Å²) in [5.41, 5.74) is 2.02. The molecule has 0 atom stereocenters. The van der Waals surface area contributed by atoms with Crippen molar-refractivity contribution in [1.82, 2.24) is 15.6 Å². The number of guanidine groups is 1. The van der Waals surface area contributed by atoms with E-state index in [4.69, 9.17) is 0 Å². The Balaban J connectivity index is 0.00000338. The van der Waals surface area contributed by atoms with Crippen LogP contribution in [0.15, 0.2) is 35.5 Å². The lowest BCUT2D eigenvalue weighted by Gasteiger charge is -2.11. The molecule has 26 heavy (non-hydrogen) atoms. The van der Waals surface area contributed by atoms with Gasteiger partial charge in [0, 0.05) is 50.2 Å². The van der Waals surface area contributed by atoms with Gasteiger partial charge in [-0.1, -0.05) is 12.1 Å². The molecule has 6 nitrogen and oxygen atoms in total. The molecule has 2 rings (SSSR count). The minimum Gasteiger partial charge on any atom is -0.356 e. The lowest BCUT2D eigenvalue weighted by molar-refractivity contribution is -0.114. The molecular weight excluding hydrogens is 461 g/mol. The molecule has 0 spiro atoms. The van der Waals surface area contributed by atoms with E-state index in [0.717, 1.165) is 42.6 Å². The van der Waals surface area contributed by atoms with E-state index in [2.05, 4.69) is 32.9 Å². The fourth-order valence-electron chi connectivity index (χ4n) is 2.31. The van der Waals surface area contributed by atoms with Gasteiger partial charge in [-0.25, -0.2) is 4.98 Å². The van der Waals surface area contributed by atoms with E-state index in [1.807, 2.05) is 30.5 Å². The second-order valence-corrected chi connectivity index (χ2v) is 6.99. The quantitative estimate of drug-likeness (QED) is 0.319. The molecule has 0 bridgehead atoms. The molecule has 0 unspecified atom stereocenters. The predicted molar refractivity (Wildman–Crippen MR) is 120 cm³/mol. The second-order valence-electron chi connectivity index (χ2n) is 5.67. The molecule has 0 radical (unpaired) electrons. The summed E-state index contributed by atoms with van der Waals surface area (Å²) in [7, 11) is 1.77. The zero-order chi connectivity index (χ0) is 18.1. The fourth-order valence-corrected chi connectivity index (χ4v) is 3.10. The monoisotopic (exact) mass is 487 g/mol. The van der Waals surface area contributed by atoms with E-state index < -0.39 is 0 Å². The van der Waals surface area contributed by atoms with Gasteiger partial charge >= 0.3 is 0 Å². The number of aliphatic imine (C=N–C) groups is 1. The summed E-state index contributed by atoms with van der Waals surface area (Å²) >= 11 is 1.73. The van der Waals surface area contributed by atoms with E-state index in [0.29, 0.717) is 0 Å². The highest BCUT2D eigenvalue weighted by atomic mass is 127. The molecule has 0 aliphatic heterocycles. The topological polar surface area (TPSA) is 78.4 Å². The first kappa shape index (κ1) is 22.4. The number of hydrogen-bond donors (Lipinski definition) is 3. The SMILES string of the molecule is CN=C(NCCc1ccc(NC(C)=O)cc1)NCCc1ncc(C)s1.I. The summed E-state index contributed by atoms with van der Waals surface area (Å²) in [6.45, 7) is 5.16. The minimum absolute atomic E-state index is 0. The number of anilines is 1. The number of aromatic nitrogens is 1. The summed E-state index contributed by atoms with van der Waals surface area (Å²) < 4.78 is 0. The third kappa shape index (κ3) is 8.13. The van der Waals surface area contributed by atoms with Crippen molar-refractivity contribution in [3.05, 3.63) is 45.9 Å². The van der Waals surface area contributed by atoms with E-state index >= 15 is 0 Å². The Hall–Kier alpha value is -1.68. The van der Waals surface area contributed by atoms with Gasteiger partial charge in [0.15, 0.2) is 5.96 Å². The standard InChI is InChI=1S/C18H25N5OS.HI/c1-13-12-22-17(25-13)9-11-21-18(19-3)20-10-8-15-4-6-16(7-5-15)23-14(2)24;/h4-7,12H,8-11H2,1-3H3,(H,23,24)(H2,19,20,21);1H. The number of aryl methyl sites for hydroxylation is 1. The number of benzene rings is 1. The Morgan fingerprint density at radius 1 is 1.15 bits per heavy atom. The Morgan fingerprint density at radius 2 is 1.81 bits per heavy atom. The molecule has 0 fully saturated rings. The highest BCUT2D eigenvalue weighted by Gasteiger charge is 2.01. The summed E-state index contributed by atoms with van der Waals surface area (Å²) in [5, 5.41) is 10.5. The van der Waals surface area contributed by atoms with Gasteiger partial charge in [0.25, 0.3) is 0 Å². The smallest absolute Gasteiger partial charge is 0.221 e. The van der Waals surface area contributed by atoms with Gasteiger partial charge in [0.1, 0.15) is 0 Å². The van der Waals surface area contributed by atoms with Gasteiger partial charge in [-0.3, -0.25) is 9.79 Å². The van der Waals surface area contributed by atoms with Gasteiger partial charge in [-0.05, 0) is 31.0 Å². The minimum atomic E-state index is -0.0581. The highest BCUT2D eigenvalue weighted by molar-refractivity contribution is 14.0. The van der Waals surface area contributed by atoms with Gasteiger partial charge in [-0.15, -0.1) is 35.3 Å². The second kappa shape index (κ2) is 11.8. The molecule has 0 aliphatic carbocycles. The van der Waals surface area contributed by atoms with Crippen LogP contribution in [0.5, 0.6) is 0 Å². The third-order valence-corrected chi connectivity index (χ3v) is 4.48. The highest BCUT2D eigenvalue weighted by Crippen LogP contribution is 2.11. The van der Waals surface area contributed by atoms with Crippen LogP contribution in [0.25, 0.3) is 0 Å². The number of nitrogens with one attached hydrogen (secondary N) is 3. The van der Waals surface area contributed by atoms with Crippen molar-refractivity contribution < 1.29 is 4.79 Å². The normalized spacial score (nSPS) is 10.8. The molecule has 1 heterocycles. The summed E-state index contributed by atoms with van der Waals surface area (Å²) in [4.78, 5) is 20.8. The molecular formula is C18H26IN5OS. The number of carbonyl (C=O) groups excluding carboxylic acids is 1. The summed E-state index contributed by atoms with van der Waals surface area (Å²) in [6.07, 6.45) is 3.68. The maximum atomic E-state index is 11.0. The van der Waals surface area contributed by atoms with Crippen LogP contribution in [0.3, 0.4) is 0 Å². The van der Waals surface area contributed by atoms with Gasteiger partial charge in [0.2, 0.25) is 5.91 Å². The summed E-state index contributed by atoms with van der Waals surface area (Å²) in [6, 6.07) is 7.88. The Morgan fingerprint density at radius 3 is 2.35 bits per heavy atom. The van der Waals surface area contributed by atoms with E-state index in [-0.39, 0.29) is 29.9 Å². The van der Waals surface area contributed by atoms with E-state index in [1.54, 1.807) is 18.4 Å². The number of hydrogen-bond acceptors (Lipinski definition) is 4. The first-order valence-corrected chi connectivity index (χ1v) is 9.11. The average Bonchev–Trinajstić information content (AvgIpc) is 3.00. The Labute approximate surface area is 175 Å². The zero-order valence-electron chi connectivity index (χ0n) is 15.3. The van der Waals surface area contributed by atoms with E-state index in [9.17, 15) is 4.79 Å². The van der Waals surface area contributed by atoms with Gasteiger partial charge in [0.05, 0.1) is 5.01 Å². The van der Waals surface area contributed by atoms with Crippen molar-refractivity contribution in [2.24, 2.45) is 4.99 Å². The summed E-state index contributed by atoms with van der Waals surface area (Å²) in [5.74, 6) is 0.736. The molecule has 8 heteroatoms. The molecule has 2 aromatic rings. The molecule has 3 N–H and O–H groups in total. The van der Waals surface area contributed by atoms with Crippen molar-refractivity contribution >= 4 is 52.9 Å². The third-order valence-electron chi connectivity index (χ3n) is 3.50. The largest absolute Gasteiger partial charge is 0.356 e. The Bertz CT molecular complexity index is 715. The van der Waals surface area contributed by atoms with Crippen LogP contribution in [0, 0.1) is 6.92 Å². The molecule has 1 amide bonds. The van der Waals surface area contributed by atoms with Crippen LogP contribution < -0.4 is 16.0 Å². The van der Waals surface area contributed by atoms with Crippen LogP contribution in [-0.2, 0) is 17.6 Å². The van der Waals surface area contributed by atoms with Crippen LogP contribution in [0.2, 0.25) is 0 Å². The molecule has 1 aromatic carbocycles. The van der Waals surface area contributed by atoms with Crippen LogP contribution in [0.4, 0.5) is 5.69 Å². The molecule has 0 saturated heterocycles. The van der Waals surface area contributed by atoms with Crippen molar-refractivity contribution in [2.45, 2.75) is 26.7 Å². The first-order valence-electron chi connectivity index (χ1n) is 8.29. The predicted octanol–water partition coefficient (Wildman–Crippen LogP) is 2.98. The number of thiazole rings is 1. The number of nitrogens with zero attached hydrogens (tertiary/aromatic N) is 2. The Kier molecular flexibility index (Phi) is 10.2. The van der Waals surface area contributed by atoms with Crippen LogP contribution >= 0.6 is 35.3 Å². The molecule has 142 valence electrons. The fraction of sp³-hybridized carbons (Fsp3) is 0.389. The maximum absolute atomic E-state index is 11.0. The van der Waals surface area contributed by atoms with Crippen LogP contribution in [0.1, 0.15) is 22.4 Å². The lowest BCUT2D eigenvalue weighted by atomic mass is 10.1. The van der Waals surface area contributed by atoms with Crippen molar-refractivity contribution in [1.29, 1.82) is 0 Å². The number of rotatable bonds is 7. The molecule has 0 aliphatic rings. The number of amides is 1. The molecule has 0 saturated carbocycles. The van der Waals surface area contributed by atoms with Crippen LogP contribution in [-0.4, -0.2) is 37.0 Å². The number of carbonyl (C=O) groups is 1. The lowest BCUT2D eigenvalue weighted by Crippen LogP contribution is -2.39. The number of halogens is 1. The average molecular weight is 487 g/mol.